The number of carbonyl (C=O) groups excluding carboxylic acids is 1. The predicted octanol–water partition coefficient (Wildman–Crippen LogP) is 2.05. The molecule has 94 valence electrons. The van der Waals surface area contributed by atoms with E-state index in [1.165, 1.54) is 32.1 Å². The van der Waals surface area contributed by atoms with E-state index >= 15 is 0 Å². The maximum Gasteiger partial charge on any atom is 0.234 e. The van der Waals surface area contributed by atoms with Crippen molar-refractivity contribution in [2.75, 3.05) is 0 Å². The summed E-state index contributed by atoms with van der Waals surface area (Å²) in [6.45, 7) is 6.33. The SMILES string of the molecule is CCC1CCCCC1NC(C(N)=O)C(C)C. The number of hydrogen-bond donors (Lipinski definition) is 2. The maximum atomic E-state index is 11.4. The van der Waals surface area contributed by atoms with Crippen LogP contribution in [0.4, 0.5) is 0 Å². The third-order valence-electron chi connectivity index (χ3n) is 3.80. The monoisotopic (exact) mass is 226 g/mol. The molecule has 0 spiro atoms. The molecule has 0 radical (unpaired) electrons. The van der Waals surface area contributed by atoms with Gasteiger partial charge in [0.1, 0.15) is 0 Å². The summed E-state index contributed by atoms with van der Waals surface area (Å²) in [5.41, 5.74) is 5.44. The first kappa shape index (κ1) is 13.5. The highest BCUT2D eigenvalue weighted by Crippen LogP contribution is 2.27. The minimum atomic E-state index is -0.213. The van der Waals surface area contributed by atoms with E-state index in [0.717, 1.165) is 0 Å². The van der Waals surface area contributed by atoms with Crippen molar-refractivity contribution in [1.82, 2.24) is 5.32 Å². The Bertz CT molecular complexity index is 228. The van der Waals surface area contributed by atoms with Gasteiger partial charge in [0.25, 0.3) is 0 Å². The Morgan fingerprint density at radius 2 is 2.00 bits per heavy atom. The summed E-state index contributed by atoms with van der Waals surface area (Å²) in [7, 11) is 0. The fourth-order valence-corrected chi connectivity index (χ4v) is 2.75. The molecule has 0 aromatic rings. The van der Waals surface area contributed by atoms with Gasteiger partial charge in [0.05, 0.1) is 6.04 Å². The summed E-state index contributed by atoms with van der Waals surface area (Å²) < 4.78 is 0. The molecule has 0 heterocycles. The molecule has 1 aliphatic rings. The first-order valence-electron chi connectivity index (χ1n) is 6.61. The van der Waals surface area contributed by atoms with E-state index in [1.54, 1.807) is 0 Å². The highest BCUT2D eigenvalue weighted by Gasteiger charge is 2.28. The van der Waals surface area contributed by atoms with Crippen LogP contribution in [0.1, 0.15) is 52.9 Å². The van der Waals surface area contributed by atoms with Gasteiger partial charge in [-0.05, 0) is 24.7 Å². The molecule has 3 atom stereocenters. The number of amides is 1. The van der Waals surface area contributed by atoms with Crippen molar-refractivity contribution in [3.63, 3.8) is 0 Å². The Hall–Kier alpha value is -0.570. The van der Waals surface area contributed by atoms with Crippen LogP contribution in [-0.2, 0) is 4.79 Å². The molecule has 0 aliphatic heterocycles. The van der Waals surface area contributed by atoms with E-state index in [0.29, 0.717) is 12.0 Å². The molecule has 0 aromatic heterocycles. The lowest BCUT2D eigenvalue weighted by molar-refractivity contribution is -0.121. The van der Waals surface area contributed by atoms with Gasteiger partial charge in [-0.3, -0.25) is 4.79 Å². The van der Waals surface area contributed by atoms with Crippen LogP contribution >= 0.6 is 0 Å². The average molecular weight is 226 g/mol. The van der Waals surface area contributed by atoms with E-state index in [2.05, 4.69) is 12.2 Å². The molecule has 1 saturated carbocycles. The van der Waals surface area contributed by atoms with Crippen molar-refractivity contribution in [2.45, 2.75) is 65.0 Å². The number of nitrogens with two attached hydrogens (primary N) is 1. The fraction of sp³-hybridized carbons (Fsp3) is 0.923. The molecule has 16 heavy (non-hydrogen) atoms. The molecule has 3 nitrogen and oxygen atoms in total. The zero-order valence-corrected chi connectivity index (χ0v) is 10.8. The summed E-state index contributed by atoms with van der Waals surface area (Å²) in [4.78, 5) is 11.4. The van der Waals surface area contributed by atoms with Crippen molar-refractivity contribution >= 4 is 5.91 Å². The maximum absolute atomic E-state index is 11.4. The quantitative estimate of drug-likeness (QED) is 0.754. The third-order valence-corrected chi connectivity index (χ3v) is 3.80. The van der Waals surface area contributed by atoms with Gasteiger partial charge >= 0.3 is 0 Å². The molecule has 3 unspecified atom stereocenters. The van der Waals surface area contributed by atoms with E-state index in [-0.39, 0.29) is 17.9 Å². The molecule has 1 aliphatic carbocycles. The molecule has 0 aromatic carbocycles. The Balaban J connectivity index is 2.58. The number of carbonyl (C=O) groups is 1. The number of primary amides is 1. The normalized spacial score (nSPS) is 28.0. The van der Waals surface area contributed by atoms with Gasteiger partial charge in [-0.2, -0.15) is 0 Å². The lowest BCUT2D eigenvalue weighted by atomic mass is 9.82. The van der Waals surface area contributed by atoms with Crippen LogP contribution in [0.25, 0.3) is 0 Å². The minimum absolute atomic E-state index is 0.169. The first-order chi connectivity index (χ1) is 7.56. The zero-order chi connectivity index (χ0) is 12.1. The van der Waals surface area contributed by atoms with Crippen LogP contribution < -0.4 is 11.1 Å². The second-order valence-corrected chi connectivity index (χ2v) is 5.35. The molecule has 1 amide bonds. The number of rotatable bonds is 5. The zero-order valence-electron chi connectivity index (χ0n) is 10.8. The third kappa shape index (κ3) is 3.48. The van der Waals surface area contributed by atoms with Gasteiger partial charge in [0, 0.05) is 6.04 Å². The largest absolute Gasteiger partial charge is 0.368 e. The molecule has 0 saturated heterocycles. The van der Waals surface area contributed by atoms with Gasteiger partial charge < -0.3 is 11.1 Å². The van der Waals surface area contributed by atoms with Crippen molar-refractivity contribution in [2.24, 2.45) is 17.6 Å². The summed E-state index contributed by atoms with van der Waals surface area (Å²) in [5, 5.41) is 3.48. The summed E-state index contributed by atoms with van der Waals surface area (Å²) in [6, 6.07) is 0.316. The van der Waals surface area contributed by atoms with Crippen molar-refractivity contribution in [3.05, 3.63) is 0 Å². The molecule has 3 N–H and O–H groups in total. The minimum Gasteiger partial charge on any atom is -0.368 e. The molecular weight excluding hydrogens is 200 g/mol. The second kappa shape index (κ2) is 6.24. The number of nitrogens with one attached hydrogen (secondary N) is 1. The standard InChI is InChI=1S/C13H26N2O/c1-4-10-7-5-6-8-11(10)15-12(9(2)3)13(14)16/h9-12,15H,4-8H2,1-3H3,(H2,14,16). The van der Waals surface area contributed by atoms with Crippen molar-refractivity contribution in [3.8, 4) is 0 Å². The van der Waals surface area contributed by atoms with E-state index in [9.17, 15) is 4.79 Å². The van der Waals surface area contributed by atoms with E-state index in [4.69, 9.17) is 5.73 Å². The van der Waals surface area contributed by atoms with Gasteiger partial charge in [0.2, 0.25) is 5.91 Å². The Morgan fingerprint density at radius 1 is 1.38 bits per heavy atom. The van der Waals surface area contributed by atoms with Gasteiger partial charge in [0.15, 0.2) is 0 Å². The predicted molar refractivity (Wildman–Crippen MR) is 67.0 cm³/mol. The average Bonchev–Trinajstić information content (AvgIpc) is 2.25. The van der Waals surface area contributed by atoms with Crippen LogP contribution in [0, 0.1) is 11.8 Å². The summed E-state index contributed by atoms with van der Waals surface area (Å²) in [5.74, 6) is 0.779. The Kier molecular flexibility index (Phi) is 5.26. The molecule has 1 rings (SSSR count). The van der Waals surface area contributed by atoms with Gasteiger partial charge in [-0.15, -0.1) is 0 Å². The Labute approximate surface area is 99.2 Å². The first-order valence-corrected chi connectivity index (χ1v) is 6.61. The summed E-state index contributed by atoms with van der Waals surface area (Å²) in [6.07, 6.45) is 6.28. The summed E-state index contributed by atoms with van der Waals surface area (Å²) >= 11 is 0. The number of hydrogen-bond acceptors (Lipinski definition) is 2. The smallest absolute Gasteiger partial charge is 0.234 e. The van der Waals surface area contributed by atoms with Crippen LogP contribution in [-0.4, -0.2) is 18.0 Å². The second-order valence-electron chi connectivity index (χ2n) is 5.35. The van der Waals surface area contributed by atoms with Crippen LogP contribution in [0.2, 0.25) is 0 Å². The molecule has 3 heteroatoms. The molecular formula is C13H26N2O. The Morgan fingerprint density at radius 3 is 2.50 bits per heavy atom. The van der Waals surface area contributed by atoms with E-state index < -0.39 is 0 Å². The lowest BCUT2D eigenvalue weighted by Crippen LogP contribution is -2.52. The lowest BCUT2D eigenvalue weighted by Gasteiger charge is -2.35. The highest BCUT2D eigenvalue weighted by molar-refractivity contribution is 5.80. The fourth-order valence-electron chi connectivity index (χ4n) is 2.75. The van der Waals surface area contributed by atoms with Crippen molar-refractivity contribution in [1.29, 1.82) is 0 Å². The van der Waals surface area contributed by atoms with E-state index in [1.807, 2.05) is 13.8 Å². The topological polar surface area (TPSA) is 55.1 Å². The van der Waals surface area contributed by atoms with Crippen molar-refractivity contribution < 1.29 is 4.79 Å². The highest BCUT2D eigenvalue weighted by atomic mass is 16.1. The van der Waals surface area contributed by atoms with Crippen LogP contribution in [0.15, 0.2) is 0 Å². The van der Waals surface area contributed by atoms with Gasteiger partial charge in [-0.25, -0.2) is 0 Å². The van der Waals surface area contributed by atoms with Crippen LogP contribution in [0.5, 0.6) is 0 Å². The van der Waals surface area contributed by atoms with Gasteiger partial charge in [-0.1, -0.05) is 40.0 Å². The molecule has 0 bridgehead atoms. The van der Waals surface area contributed by atoms with Crippen LogP contribution in [0.3, 0.4) is 0 Å². The molecule has 1 fully saturated rings.